The van der Waals surface area contributed by atoms with Gasteiger partial charge in [-0.3, -0.25) is 4.79 Å². The molecule has 0 radical (unpaired) electrons. The van der Waals surface area contributed by atoms with Crippen LogP contribution in [-0.2, 0) is 11.3 Å². The lowest BCUT2D eigenvalue weighted by atomic mass is 9.93. The molecule has 3 N–H and O–H groups in total. The molecule has 0 aromatic carbocycles. The SMILES string of the molecule is Cc1cc(CNC(=O)C(C)(C)CN)sc1C. The molecule has 0 unspecified atom stereocenters. The summed E-state index contributed by atoms with van der Waals surface area (Å²) in [7, 11) is 0. The highest BCUT2D eigenvalue weighted by Gasteiger charge is 2.25. The van der Waals surface area contributed by atoms with Gasteiger partial charge in [-0.25, -0.2) is 0 Å². The molecule has 1 amide bonds. The summed E-state index contributed by atoms with van der Waals surface area (Å²) in [6, 6.07) is 2.12. The average molecular weight is 240 g/mol. The second kappa shape index (κ2) is 4.97. The zero-order valence-electron chi connectivity index (χ0n) is 10.4. The Morgan fingerprint density at radius 2 is 2.12 bits per heavy atom. The van der Waals surface area contributed by atoms with E-state index in [2.05, 4.69) is 25.2 Å². The lowest BCUT2D eigenvalue weighted by Gasteiger charge is -2.20. The second-order valence-corrected chi connectivity index (χ2v) is 6.06. The van der Waals surface area contributed by atoms with Gasteiger partial charge in [0.1, 0.15) is 0 Å². The molecular formula is C12H20N2OS. The van der Waals surface area contributed by atoms with E-state index in [1.165, 1.54) is 15.3 Å². The van der Waals surface area contributed by atoms with E-state index < -0.39 is 5.41 Å². The number of hydrogen-bond acceptors (Lipinski definition) is 3. The van der Waals surface area contributed by atoms with Crippen LogP contribution in [0.2, 0.25) is 0 Å². The van der Waals surface area contributed by atoms with E-state index in [0.29, 0.717) is 13.1 Å². The van der Waals surface area contributed by atoms with Crippen LogP contribution in [0.1, 0.15) is 29.2 Å². The topological polar surface area (TPSA) is 55.1 Å². The maximum atomic E-state index is 11.8. The average Bonchev–Trinajstić information content (AvgIpc) is 2.55. The van der Waals surface area contributed by atoms with E-state index in [4.69, 9.17) is 5.73 Å². The molecule has 3 nitrogen and oxygen atoms in total. The van der Waals surface area contributed by atoms with E-state index in [9.17, 15) is 4.79 Å². The highest BCUT2D eigenvalue weighted by molar-refractivity contribution is 7.12. The Labute approximate surface area is 101 Å². The van der Waals surface area contributed by atoms with Gasteiger partial charge in [0.05, 0.1) is 12.0 Å². The fraction of sp³-hybridized carbons (Fsp3) is 0.583. The molecule has 0 saturated carbocycles. The predicted molar refractivity (Wildman–Crippen MR) is 68.5 cm³/mol. The van der Waals surface area contributed by atoms with Crippen molar-refractivity contribution < 1.29 is 4.79 Å². The molecule has 0 spiro atoms. The van der Waals surface area contributed by atoms with E-state index in [1.807, 2.05) is 13.8 Å². The lowest BCUT2D eigenvalue weighted by molar-refractivity contribution is -0.129. The third-order valence-corrected chi connectivity index (χ3v) is 3.92. The van der Waals surface area contributed by atoms with Gasteiger partial charge in [0.25, 0.3) is 0 Å². The molecule has 0 atom stereocenters. The molecular weight excluding hydrogens is 220 g/mol. The van der Waals surface area contributed by atoms with Crippen molar-refractivity contribution in [3.8, 4) is 0 Å². The molecule has 0 fully saturated rings. The van der Waals surface area contributed by atoms with Gasteiger partial charge in [0.2, 0.25) is 5.91 Å². The van der Waals surface area contributed by atoms with Crippen LogP contribution in [0.25, 0.3) is 0 Å². The Morgan fingerprint density at radius 3 is 2.56 bits per heavy atom. The van der Waals surface area contributed by atoms with Gasteiger partial charge >= 0.3 is 0 Å². The van der Waals surface area contributed by atoms with Crippen molar-refractivity contribution in [2.24, 2.45) is 11.1 Å². The summed E-state index contributed by atoms with van der Waals surface area (Å²) in [5, 5.41) is 2.92. The number of hydrogen-bond donors (Lipinski definition) is 2. The van der Waals surface area contributed by atoms with Gasteiger partial charge in [-0.2, -0.15) is 0 Å². The third-order valence-electron chi connectivity index (χ3n) is 2.77. The minimum absolute atomic E-state index is 0.0127. The first-order valence-electron chi connectivity index (χ1n) is 5.41. The third kappa shape index (κ3) is 3.06. The first-order chi connectivity index (χ1) is 7.36. The number of nitrogens with one attached hydrogen (secondary N) is 1. The number of carbonyl (C=O) groups excluding carboxylic acids is 1. The van der Waals surface area contributed by atoms with Crippen molar-refractivity contribution in [2.75, 3.05) is 6.54 Å². The minimum atomic E-state index is -0.485. The number of amides is 1. The molecule has 0 bridgehead atoms. The van der Waals surface area contributed by atoms with Gasteiger partial charge in [-0.15, -0.1) is 11.3 Å². The molecule has 1 aromatic rings. The second-order valence-electron chi connectivity index (χ2n) is 4.72. The van der Waals surface area contributed by atoms with E-state index in [-0.39, 0.29) is 5.91 Å². The summed E-state index contributed by atoms with van der Waals surface area (Å²) in [5.74, 6) is 0.0127. The number of thiophene rings is 1. The van der Waals surface area contributed by atoms with Crippen LogP contribution in [0.3, 0.4) is 0 Å². The summed E-state index contributed by atoms with van der Waals surface area (Å²) in [6.07, 6.45) is 0. The van der Waals surface area contributed by atoms with Crippen LogP contribution in [0.4, 0.5) is 0 Å². The summed E-state index contributed by atoms with van der Waals surface area (Å²) in [5.41, 5.74) is 6.35. The monoisotopic (exact) mass is 240 g/mol. The van der Waals surface area contributed by atoms with Crippen molar-refractivity contribution >= 4 is 17.2 Å². The van der Waals surface area contributed by atoms with E-state index in [1.54, 1.807) is 11.3 Å². The van der Waals surface area contributed by atoms with Crippen LogP contribution in [0.5, 0.6) is 0 Å². The molecule has 0 saturated heterocycles. The molecule has 1 rings (SSSR count). The summed E-state index contributed by atoms with van der Waals surface area (Å²) >= 11 is 1.73. The van der Waals surface area contributed by atoms with Crippen molar-refractivity contribution in [1.29, 1.82) is 0 Å². The Balaban J connectivity index is 2.55. The van der Waals surface area contributed by atoms with Crippen LogP contribution >= 0.6 is 11.3 Å². The lowest BCUT2D eigenvalue weighted by Crippen LogP contribution is -2.41. The molecule has 0 aliphatic carbocycles. The molecule has 1 heterocycles. The first-order valence-corrected chi connectivity index (χ1v) is 6.23. The Bertz CT molecular complexity index is 363. The maximum absolute atomic E-state index is 11.8. The van der Waals surface area contributed by atoms with Gasteiger partial charge in [0, 0.05) is 16.3 Å². The normalized spacial score (nSPS) is 11.6. The Morgan fingerprint density at radius 1 is 1.50 bits per heavy atom. The van der Waals surface area contributed by atoms with Crippen molar-refractivity contribution in [2.45, 2.75) is 34.2 Å². The molecule has 0 aliphatic rings. The number of nitrogens with two attached hydrogens (primary N) is 1. The van der Waals surface area contributed by atoms with Gasteiger partial charge in [-0.1, -0.05) is 0 Å². The minimum Gasteiger partial charge on any atom is -0.351 e. The zero-order valence-corrected chi connectivity index (χ0v) is 11.2. The van der Waals surface area contributed by atoms with Crippen molar-refractivity contribution in [3.05, 3.63) is 21.4 Å². The number of rotatable bonds is 4. The largest absolute Gasteiger partial charge is 0.351 e. The van der Waals surface area contributed by atoms with E-state index in [0.717, 1.165) is 0 Å². The summed E-state index contributed by atoms with van der Waals surface area (Å²) < 4.78 is 0. The molecule has 90 valence electrons. The highest BCUT2D eigenvalue weighted by atomic mass is 32.1. The molecule has 0 aliphatic heterocycles. The number of carbonyl (C=O) groups is 1. The van der Waals surface area contributed by atoms with Crippen LogP contribution in [0, 0.1) is 19.3 Å². The summed E-state index contributed by atoms with van der Waals surface area (Å²) in [4.78, 5) is 14.3. The van der Waals surface area contributed by atoms with Gasteiger partial charge < -0.3 is 11.1 Å². The first kappa shape index (κ1) is 13.2. The molecule has 4 heteroatoms. The van der Waals surface area contributed by atoms with Crippen LogP contribution in [-0.4, -0.2) is 12.5 Å². The van der Waals surface area contributed by atoms with Crippen LogP contribution in [0.15, 0.2) is 6.07 Å². The van der Waals surface area contributed by atoms with Crippen molar-refractivity contribution in [1.82, 2.24) is 5.32 Å². The number of aryl methyl sites for hydroxylation is 2. The molecule has 16 heavy (non-hydrogen) atoms. The highest BCUT2D eigenvalue weighted by Crippen LogP contribution is 2.21. The fourth-order valence-corrected chi connectivity index (χ4v) is 2.23. The standard InChI is InChI=1S/C12H20N2OS/c1-8-5-10(16-9(8)2)6-14-11(15)12(3,4)7-13/h5H,6-7,13H2,1-4H3,(H,14,15). The fourth-order valence-electron chi connectivity index (χ4n) is 1.24. The van der Waals surface area contributed by atoms with E-state index >= 15 is 0 Å². The van der Waals surface area contributed by atoms with Gasteiger partial charge in [0.15, 0.2) is 0 Å². The Kier molecular flexibility index (Phi) is 4.10. The smallest absolute Gasteiger partial charge is 0.227 e. The predicted octanol–water partition coefficient (Wildman–Crippen LogP) is 1.97. The molecule has 1 aromatic heterocycles. The van der Waals surface area contributed by atoms with Gasteiger partial charge in [-0.05, 0) is 39.3 Å². The van der Waals surface area contributed by atoms with Crippen LogP contribution < -0.4 is 11.1 Å². The zero-order chi connectivity index (χ0) is 12.3. The summed E-state index contributed by atoms with van der Waals surface area (Å²) in [6.45, 7) is 8.85. The quantitative estimate of drug-likeness (QED) is 0.845. The maximum Gasteiger partial charge on any atom is 0.227 e. The Hall–Kier alpha value is -0.870. The van der Waals surface area contributed by atoms with Crippen molar-refractivity contribution in [3.63, 3.8) is 0 Å².